The first-order valence-electron chi connectivity index (χ1n) is 27.3. The third kappa shape index (κ3) is 14.1. The molecule has 0 radical (unpaired) electrons. The van der Waals surface area contributed by atoms with E-state index in [0.29, 0.717) is 29.8 Å². The number of aromatic amines is 1. The largest absolute Gasteiger partial charge is 0.480 e. The van der Waals surface area contributed by atoms with Crippen molar-refractivity contribution < 1.29 is 61.4 Å². The van der Waals surface area contributed by atoms with Crippen LogP contribution in [0.2, 0.25) is 0 Å². The van der Waals surface area contributed by atoms with Crippen molar-refractivity contribution >= 4 is 97.3 Å². The average molecular weight is 1190 g/mol. The molecule has 0 spiro atoms. The van der Waals surface area contributed by atoms with Gasteiger partial charge in [-0.1, -0.05) is 24.3 Å². The number of aryl methyl sites for hydroxylation is 1. The van der Waals surface area contributed by atoms with E-state index in [1.54, 1.807) is 36.4 Å². The van der Waals surface area contributed by atoms with Crippen molar-refractivity contribution in [3.05, 3.63) is 106 Å². The number of carboxylic acids is 1. The number of likely N-dealkylation sites (tertiary alicyclic amines) is 2. The van der Waals surface area contributed by atoms with Crippen molar-refractivity contribution in [2.24, 2.45) is 12.8 Å². The molecule has 10 N–H and O–H groups in total. The summed E-state index contributed by atoms with van der Waals surface area (Å²) >= 11 is 0.967. The van der Waals surface area contributed by atoms with E-state index in [4.69, 9.17) is 15.6 Å². The highest BCUT2D eigenvalue weighted by Gasteiger charge is 2.41. The fourth-order valence-corrected chi connectivity index (χ4v) is 12.2. The Morgan fingerprint density at radius 1 is 0.857 bits per heavy atom. The second kappa shape index (κ2) is 25.9. The number of benzene rings is 3. The van der Waals surface area contributed by atoms with Gasteiger partial charge in [0.1, 0.15) is 34.8 Å². The van der Waals surface area contributed by atoms with Gasteiger partial charge in [-0.25, -0.2) is 8.42 Å². The molecule has 6 heterocycles. The second-order valence-corrected chi connectivity index (χ2v) is 23.9. The molecule has 3 saturated heterocycles. The number of carboxylic acid groups (broad SMARTS) is 1. The Balaban J connectivity index is 0.828. The highest BCUT2D eigenvalue weighted by Crippen LogP contribution is 2.41. The number of nitrogens with zero attached hydrogens (tertiary/aromatic N) is 4. The first kappa shape index (κ1) is 60.0. The van der Waals surface area contributed by atoms with Gasteiger partial charge in [-0.05, 0) is 74.7 Å². The number of aliphatic carboxylic acids is 1. The molecule has 5 aromatic rings. The summed E-state index contributed by atoms with van der Waals surface area (Å²) in [6, 6.07) is 16.6. The first-order chi connectivity index (χ1) is 40.1. The Kier molecular flexibility index (Phi) is 18.5. The number of thioether (sulfide) groups is 1. The van der Waals surface area contributed by atoms with Gasteiger partial charge in [0.05, 0.1) is 22.8 Å². The minimum atomic E-state index is -4.00. The van der Waals surface area contributed by atoms with Gasteiger partial charge < -0.3 is 56.2 Å². The molecule has 26 nitrogen and oxygen atoms in total. The van der Waals surface area contributed by atoms with Gasteiger partial charge in [-0.2, -0.15) is 0 Å². The van der Waals surface area contributed by atoms with Crippen molar-refractivity contribution in [3.8, 4) is 22.6 Å². The van der Waals surface area contributed by atoms with Crippen LogP contribution in [0.15, 0.2) is 77.7 Å². The molecule has 2 aromatic heterocycles. The summed E-state index contributed by atoms with van der Waals surface area (Å²) in [5.41, 5.74) is 7.63. The number of nitrogens with two attached hydrogens (primary N) is 1. The number of pyridine rings is 1. The van der Waals surface area contributed by atoms with Gasteiger partial charge >= 0.3 is 5.97 Å². The van der Waals surface area contributed by atoms with E-state index >= 15 is 0 Å². The quantitative estimate of drug-likeness (QED) is 0.0313. The number of nitrogens with one attached hydrogen (secondary N) is 7. The van der Waals surface area contributed by atoms with E-state index in [1.165, 1.54) is 40.9 Å². The van der Waals surface area contributed by atoms with Crippen molar-refractivity contribution in [1.29, 1.82) is 0 Å². The summed E-state index contributed by atoms with van der Waals surface area (Å²) in [4.78, 5) is 136. The zero-order valence-corrected chi connectivity index (χ0v) is 47.6. The van der Waals surface area contributed by atoms with Crippen LogP contribution in [0.25, 0.3) is 22.0 Å². The molecule has 28 heteroatoms. The van der Waals surface area contributed by atoms with Gasteiger partial charge in [0.2, 0.25) is 39.6 Å². The zero-order valence-electron chi connectivity index (χ0n) is 46.0. The Morgan fingerprint density at radius 3 is 2.32 bits per heavy atom. The molecule has 84 heavy (non-hydrogen) atoms. The van der Waals surface area contributed by atoms with E-state index < -0.39 is 74.3 Å². The van der Waals surface area contributed by atoms with Crippen molar-refractivity contribution in [3.63, 3.8) is 0 Å². The number of hydrogen-bond acceptors (Lipinski definition) is 17. The SMILES string of the molecule is Cn1cc(-c2cc(NS(C)(=O)=O)c(C(=O)NCCCN3CCC(Nc4cccc5c4CN(C4CCC(=O)NC4=O)C5=O)CC3)cc2Oc2ccccc2)c2cc(C(=O)NCCNC(=O)CCN3C(=O)CC(SC[C@H](N)C(=O)O)C3=O)[nH]c2c1=O. The Labute approximate surface area is 486 Å². The molecule has 3 fully saturated rings. The van der Waals surface area contributed by atoms with Crippen LogP contribution in [0, 0.1) is 0 Å². The number of aromatic nitrogens is 2. The Morgan fingerprint density at radius 2 is 1.60 bits per heavy atom. The van der Waals surface area contributed by atoms with Crippen LogP contribution < -0.4 is 47.3 Å². The molecule has 444 valence electrons. The molecule has 0 saturated carbocycles. The normalized spacial score (nSPS) is 17.9. The number of ether oxygens (including phenoxy) is 1. The molecule has 9 rings (SSSR count). The molecular weight excluding hydrogens is 1130 g/mol. The molecule has 4 aliphatic rings. The van der Waals surface area contributed by atoms with Gasteiger partial charge in [-0.15, -0.1) is 11.8 Å². The molecule has 3 aromatic carbocycles. The molecule has 2 unspecified atom stereocenters. The number of hydrogen-bond donors (Lipinski definition) is 9. The number of fused-ring (bicyclic) bond motifs is 2. The minimum Gasteiger partial charge on any atom is -0.480 e. The summed E-state index contributed by atoms with van der Waals surface area (Å²) < 4.78 is 36.0. The Bertz CT molecular complexity index is 3620. The molecule has 0 bridgehead atoms. The van der Waals surface area contributed by atoms with Crippen molar-refractivity contribution in [2.75, 3.05) is 67.9 Å². The molecular formula is C56H64N12O14S2. The van der Waals surface area contributed by atoms with Crippen LogP contribution in [-0.4, -0.2) is 172 Å². The fourth-order valence-electron chi connectivity index (χ4n) is 10.6. The van der Waals surface area contributed by atoms with E-state index in [9.17, 15) is 56.4 Å². The summed E-state index contributed by atoms with van der Waals surface area (Å²) in [6.45, 7) is 2.36. The average Bonchev–Trinajstić information content (AvgIpc) is 2.75. The number of para-hydroxylation sites is 1. The number of imide groups is 2. The van der Waals surface area contributed by atoms with Gasteiger partial charge in [0.25, 0.3) is 23.3 Å². The maximum atomic E-state index is 14.2. The maximum Gasteiger partial charge on any atom is 0.321 e. The van der Waals surface area contributed by atoms with Gasteiger partial charge in [0.15, 0.2) is 0 Å². The number of H-pyrrole nitrogens is 1. The van der Waals surface area contributed by atoms with E-state index in [-0.39, 0.29) is 121 Å². The van der Waals surface area contributed by atoms with E-state index in [1.807, 2.05) is 12.1 Å². The third-order valence-corrected chi connectivity index (χ3v) is 16.8. The number of amides is 8. The van der Waals surface area contributed by atoms with Crippen LogP contribution in [0.3, 0.4) is 0 Å². The topological polar surface area (TPSA) is 363 Å². The van der Waals surface area contributed by atoms with Crippen LogP contribution in [0.5, 0.6) is 11.5 Å². The smallest absolute Gasteiger partial charge is 0.321 e. The predicted octanol–water partition coefficient (Wildman–Crippen LogP) is 1.66. The standard InChI is InChI=1S/C56H64N12O14S2/c1-65-28-37(35-25-42(62-49(35)55(65)77)51(73)60-19-18-58-46(69)16-23-67-48(71)27-45(54(67)76)83-30-39(57)56(78)79)34-24-41(64-84(2,80)81)36(26-44(34)82-32-8-4-3-5-9-32)50(72)59-17-7-20-66-21-14-31(15-22-66)61-40-11-6-10-33-38(40)29-68(53(33)75)43-12-13-47(70)63-52(43)74/h3-6,8-11,24-26,28,31,39,43,45,61-62,64H,7,12-23,27,29-30,57H2,1-2H3,(H,58,69)(H,59,72)(H,60,73)(H,78,79)(H,63,70,74)/t39-,43?,45?/m0/s1. The molecule has 4 aliphatic heterocycles. The monoisotopic (exact) mass is 1190 g/mol. The number of anilines is 2. The van der Waals surface area contributed by atoms with Crippen molar-refractivity contribution in [2.45, 2.75) is 74.9 Å². The summed E-state index contributed by atoms with van der Waals surface area (Å²) in [5.74, 6) is -4.64. The van der Waals surface area contributed by atoms with Gasteiger partial charge in [-0.3, -0.25) is 62.9 Å². The number of rotatable bonds is 24. The number of sulfonamides is 1. The summed E-state index contributed by atoms with van der Waals surface area (Å²) in [5, 5.41) is 22.7. The number of carbonyl (C=O) groups excluding carboxylic acids is 8. The van der Waals surface area contributed by atoms with Gasteiger partial charge in [0, 0.05) is 123 Å². The number of carbonyl (C=O) groups is 9. The van der Waals surface area contributed by atoms with Crippen molar-refractivity contribution in [1.82, 2.24) is 45.5 Å². The van der Waals surface area contributed by atoms with E-state index in [0.717, 1.165) is 60.1 Å². The van der Waals surface area contributed by atoms with Crippen LogP contribution >= 0.6 is 11.8 Å². The number of piperidine rings is 2. The Hall–Kier alpha value is -8.60. The highest BCUT2D eigenvalue weighted by molar-refractivity contribution is 8.00. The lowest BCUT2D eigenvalue weighted by Gasteiger charge is -2.33. The summed E-state index contributed by atoms with van der Waals surface area (Å²) in [6.07, 6.45) is 4.69. The lowest BCUT2D eigenvalue weighted by molar-refractivity contribution is -0.140. The molecule has 8 amide bonds. The molecule has 0 aliphatic carbocycles. The van der Waals surface area contributed by atoms with Crippen LogP contribution in [0.1, 0.15) is 81.7 Å². The van der Waals surface area contributed by atoms with Crippen LogP contribution in [-0.2, 0) is 52.4 Å². The highest BCUT2D eigenvalue weighted by atomic mass is 32.2. The maximum absolute atomic E-state index is 14.2. The lowest BCUT2D eigenvalue weighted by Crippen LogP contribution is -2.52. The van der Waals surface area contributed by atoms with E-state index in [2.05, 4.69) is 41.2 Å². The summed E-state index contributed by atoms with van der Waals surface area (Å²) in [7, 11) is -2.50. The van der Waals surface area contributed by atoms with Crippen LogP contribution in [0.4, 0.5) is 11.4 Å². The second-order valence-electron chi connectivity index (χ2n) is 20.9. The predicted molar refractivity (Wildman–Crippen MR) is 310 cm³/mol. The lowest BCUT2D eigenvalue weighted by atomic mass is 9.99. The molecule has 3 atom stereocenters. The first-order valence-corrected chi connectivity index (χ1v) is 30.2. The minimum absolute atomic E-state index is 0.0209. The third-order valence-electron chi connectivity index (χ3n) is 14.9. The zero-order chi connectivity index (χ0) is 60.0. The fraction of sp³-hybridized carbons (Fsp3) is 0.393.